The largest absolute Gasteiger partial charge is 0.508 e. The van der Waals surface area contributed by atoms with Gasteiger partial charge in [-0.25, -0.2) is 0 Å². The van der Waals surface area contributed by atoms with Gasteiger partial charge in [0.25, 0.3) is 0 Å². The number of aliphatic hydroxyl groups is 1. The Morgan fingerprint density at radius 2 is 1.24 bits per heavy atom. The molecular weight excluding hydrogens is 1140 g/mol. The number of phenols is 1. The van der Waals surface area contributed by atoms with E-state index in [1.165, 1.54) is 41.1 Å². The van der Waals surface area contributed by atoms with Crippen LogP contribution >= 0.6 is 0 Å². The number of aromatic amines is 1. The summed E-state index contributed by atoms with van der Waals surface area (Å²) in [6.07, 6.45) is 3.19. The molecule has 0 spiro atoms. The van der Waals surface area contributed by atoms with Crippen LogP contribution < -0.4 is 54.0 Å². The zero-order chi connectivity index (χ0) is 64.9. The third kappa shape index (κ3) is 20.2. The highest BCUT2D eigenvalue weighted by Crippen LogP contribution is 2.23. The van der Waals surface area contributed by atoms with Crippen LogP contribution in [0.2, 0.25) is 0 Å². The topological polar surface area (TPSA) is 394 Å². The second-order valence-electron chi connectivity index (χ2n) is 23.6. The number of carbonyl (C=O) groups excluding carboxylic acids is 10. The van der Waals surface area contributed by atoms with Gasteiger partial charge in [-0.15, -0.1) is 0 Å². The Kier molecular flexibility index (Phi) is 25.9. The molecule has 0 bridgehead atoms. The number of para-hydroxylation sites is 1. The molecule has 2 aliphatic heterocycles. The van der Waals surface area contributed by atoms with E-state index in [0.717, 1.165) is 10.9 Å². The summed E-state index contributed by atoms with van der Waals surface area (Å²) < 4.78 is 0. The summed E-state index contributed by atoms with van der Waals surface area (Å²) in [5.41, 5.74) is 13.6. The molecule has 4 aromatic rings. The van der Waals surface area contributed by atoms with Crippen LogP contribution in [0.4, 0.5) is 0 Å². The maximum Gasteiger partial charge on any atom is 0.245 e. The first-order valence-electron chi connectivity index (χ1n) is 30.5. The Morgan fingerprint density at radius 1 is 0.685 bits per heavy atom. The number of H-pyrrole nitrogens is 1. The van der Waals surface area contributed by atoms with Gasteiger partial charge in [-0.05, 0) is 98.6 Å². The molecule has 1 aromatic heterocycles. The van der Waals surface area contributed by atoms with Gasteiger partial charge in [0.2, 0.25) is 59.1 Å². The molecule has 2 aliphatic rings. The van der Waals surface area contributed by atoms with Gasteiger partial charge in [0.15, 0.2) is 5.96 Å². The number of nitrogens with one attached hydrogen (secondary N) is 9. The quantitative estimate of drug-likeness (QED) is 0.0176. The van der Waals surface area contributed by atoms with E-state index >= 15 is 0 Å². The lowest BCUT2D eigenvalue weighted by Gasteiger charge is -2.31. The molecule has 15 N–H and O–H groups in total. The molecule has 3 heterocycles. The Labute approximate surface area is 518 Å². The van der Waals surface area contributed by atoms with Gasteiger partial charge in [0.1, 0.15) is 60.1 Å². The molecule has 6 rings (SSSR count). The summed E-state index contributed by atoms with van der Waals surface area (Å²) in [6, 6.07) is 10.7. The van der Waals surface area contributed by atoms with Gasteiger partial charge >= 0.3 is 0 Å². The van der Waals surface area contributed by atoms with Crippen LogP contribution in [0.1, 0.15) is 103 Å². The van der Waals surface area contributed by atoms with E-state index in [1.807, 2.05) is 45.9 Å². The SMILES string of the molecule is CCNC(=O)[C@@H]1CCCN1C(=O)[C@H](CCCN=C(N)N)NC(=O)[C@H](CC(C)C)NC(=O)[C@H](CC(C)C)NC(=O)[C@H](Cc1ccc(O)cc1)NC(=O)[C@H](CO)NC(=O)[C@H](Cc1c[nH]c2ccccc12)NC(=O)[C@H](Cc1ccccc1)N(C)C(=O)[C@@H]1CCC(=O)N1. The van der Waals surface area contributed by atoms with Gasteiger partial charge in [-0.3, -0.25) is 52.9 Å². The van der Waals surface area contributed by atoms with Crippen LogP contribution in [0.5, 0.6) is 5.75 Å². The van der Waals surface area contributed by atoms with Crippen molar-refractivity contribution in [1.29, 1.82) is 0 Å². The molecule has 2 fully saturated rings. The number of guanidine groups is 1. The van der Waals surface area contributed by atoms with Crippen LogP contribution in [0.3, 0.4) is 0 Å². The molecule has 9 atom stereocenters. The number of aromatic hydroxyl groups is 1. The highest BCUT2D eigenvalue weighted by molar-refractivity contribution is 5.99. The highest BCUT2D eigenvalue weighted by atomic mass is 16.3. The number of fused-ring (bicyclic) bond motifs is 1. The van der Waals surface area contributed by atoms with Gasteiger partial charge in [0, 0.05) is 69.5 Å². The number of aliphatic hydroxyl groups excluding tert-OH is 1. The molecule has 0 saturated carbocycles. The monoisotopic (exact) mass is 1230 g/mol. The van der Waals surface area contributed by atoms with Crippen molar-refractivity contribution in [3.05, 3.63) is 102 Å². The molecule has 10 amide bonds. The number of hydrogen-bond acceptors (Lipinski definition) is 13. The van der Waals surface area contributed by atoms with Crippen molar-refractivity contribution in [3.63, 3.8) is 0 Å². The Balaban J connectivity index is 1.24. The average Bonchev–Trinajstić information content (AvgIpc) is 2.98. The maximum atomic E-state index is 14.7. The number of aromatic nitrogens is 1. The number of amides is 10. The van der Waals surface area contributed by atoms with E-state index in [4.69, 9.17) is 11.5 Å². The summed E-state index contributed by atoms with van der Waals surface area (Å²) in [6.45, 7) is 8.86. The third-order valence-electron chi connectivity index (χ3n) is 15.7. The van der Waals surface area contributed by atoms with Crippen molar-refractivity contribution in [1.82, 2.24) is 57.3 Å². The molecule has 89 heavy (non-hydrogen) atoms. The molecular formula is C63H88N14O12. The molecule has 0 unspecified atom stereocenters. The number of phenolic OH excluding ortho intramolecular Hbond substituents is 1. The fourth-order valence-electron chi connectivity index (χ4n) is 11.0. The Hall–Kier alpha value is -9.07. The first-order chi connectivity index (χ1) is 42.5. The second-order valence-corrected chi connectivity index (χ2v) is 23.6. The minimum Gasteiger partial charge on any atom is -0.508 e. The molecule has 0 radical (unpaired) electrons. The lowest BCUT2D eigenvalue weighted by molar-refractivity contribution is -0.142. The summed E-state index contributed by atoms with van der Waals surface area (Å²) >= 11 is 0. The van der Waals surface area contributed by atoms with Crippen LogP contribution in [0.15, 0.2) is 90.1 Å². The lowest BCUT2D eigenvalue weighted by atomic mass is 9.98. The zero-order valence-electron chi connectivity index (χ0n) is 51.5. The van der Waals surface area contributed by atoms with Crippen LogP contribution in [0.25, 0.3) is 10.9 Å². The molecule has 26 heteroatoms. The van der Waals surface area contributed by atoms with Crippen molar-refractivity contribution in [2.75, 3.05) is 33.3 Å². The number of likely N-dealkylation sites (N-methyl/N-ethyl adjacent to an activating group) is 2. The minimum atomic E-state index is -1.74. The van der Waals surface area contributed by atoms with Gasteiger partial charge < -0.3 is 79.0 Å². The first-order valence-corrected chi connectivity index (χ1v) is 30.5. The third-order valence-corrected chi connectivity index (χ3v) is 15.7. The van der Waals surface area contributed by atoms with E-state index in [0.29, 0.717) is 36.1 Å². The highest BCUT2D eigenvalue weighted by Gasteiger charge is 2.41. The number of carbonyl (C=O) groups is 10. The predicted molar refractivity (Wildman–Crippen MR) is 333 cm³/mol. The van der Waals surface area contributed by atoms with Crippen molar-refractivity contribution in [3.8, 4) is 5.75 Å². The van der Waals surface area contributed by atoms with Crippen molar-refractivity contribution in [2.45, 2.75) is 160 Å². The van der Waals surface area contributed by atoms with E-state index in [-0.39, 0.29) is 106 Å². The van der Waals surface area contributed by atoms with Crippen LogP contribution in [-0.4, -0.2) is 178 Å². The predicted octanol–water partition coefficient (Wildman–Crippen LogP) is 0.181. The zero-order valence-corrected chi connectivity index (χ0v) is 51.5. The molecule has 2 saturated heterocycles. The fourth-order valence-corrected chi connectivity index (χ4v) is 11.0. The number of hydrogen-bond donors (Lipinski definition) is 13. The molecule has 482 valence electrons. The number of benzene rings is 3. The van der Waals surface area contributed by atoms with Gasteiger partial charge in [-0.2, -0.15) is 0 Å². The van der Waals surface area contributed by atoms with Gasteiger partial charge in [0.05, 0.1) is 6.61 Å². The molecule has 26 nitrogen and oxygen atoms in total. The molecule has 3 aromatic carbocycles. The van der Waals surface area contributed by atoms with Crippen LogP contribution in [-0.2, 0) is 67.2 Å². The normalized spacial score (nSPS) is 17.0. The number of rotatable bonds is 32. The standard InChI is InChI=1S/C63H88N14O12/c1-7-66-59(86)51-20-14-28-77(51)62(89)44(19-13-27-67-63(64)65)70-54(81)46(29-36(2)3)71-55(82)47(30-37(4)5)72-56(83)48(31-39-21-23-41(79)24-22-39)73-58(85)50(35-78)75-57(84)49(33-40-34-68-43-18-12-11-17-42(40)43)74-60(87)52(32-38-15-9-8-10-16-38)76(6)61(88)45-25-26-53(80)69-45/h8-12,15-18,21-24,34,36-37,44-52,68,78-79H,7,13-14,19-20,25-33,35H2,1-6H3,(H,66,86)(H,69,80)(H,70,81)(H,71,82)(H,72,83)(H,73,85)(H,74,87)(H,75,84)(H4,64,65,67)/t44-,45-,46-,47-,48-,49-,50-,51-,52-/m0/s1. The van der Waals surface area contributed by atoms with E-state index < -0.39 is 108 Å². The van der Waals surface area contributed by atoms with E-state index in [2.05, 4.69) is 52.5 Å². The summed E-state index contributed by atoms with van der Waals surface area (Å²) in [4.78, 5) is 151. The number of nitrogens with zero attached hydrogens (tertiary/aromatic N) is 3. The first kappa shape index (κ1) is 69.0. The Morgan fingerprint density at radius 3 is 1.83 bits per heavy atom. The maximum absolute atomic E-state index is 14.7. The smallest absolute Gasteiger partial charge is 0.245 e. The number of nitrogens with two attached hydrogens (primary N) is 2. The summed E-state index contributed by atoms with van der Waals surface area (Å²) in [5, 5.41) is 43.6. The number of likely N-dealkylation sites (tertiary alicyclic amines) is 1. The minimum absolute atomic E-state index is 0.0186. The second kappa shape index (κ2) is 33.3. The fraction of sp³-hybridized carbons (Fsp3) is 0.508. The lowest BCUT2D eigenvalue weighted by Crippen LogP contribution is -2.61. The summed E-state index contributed by atoms with van der Waals surface area (Å²) in [7, 11) is 1.44. The van der Waals surface area contributed by atoms with Crippen molar-refractivity contribution >= 4 is 75.9 Å². The van der Waals surface area contributed by atoms with Crippen molar-refractivity contribution < 1.29 is 58.2 Å². The van der Waals surface area contributed by atoms with E-state index in [9.17, 15) is 58.2 Å². The van der Waals surface area contributed by atoms with Crippen molar-refractivity contribution in [2.24, 2.45) is 28.3 Å². The Bertz CT molecular complexity index is 3130. The van der Waals surface area contributed by atoms with E-state index in [1.54, 1.807) is 49.5 Å². The summed E-state index contributed by atoms with van der Waals surface area (Å²) in [5.74, 6) is -7.27. The molecule has 0 aliphatic carbocycles. The average molecular weight is 1230 g/mol. The van der Waals surface area contributed by atoms with Gasteiger partial charge in [-0.1, -0.05) is 88.4 Å². The van der Waals surface area contributed by atoms with Crippen LogP contribution in [0, 0.1) is 11.8 Å². The number of aliphatic imine (C=N–C) groups is 1.